The maximum Gasteiger partial charge on any atom is 0.394 e. The highest BCUT2D eigenvalue weighted by Gasteiger charge is 2.17. The second kappa shape index (κ2) is 8.25. The number of carbonyl (C=O) groups excluding carboxylic acids is 1. The Balaban J connectivity index is 0.000000621. The molecule has 0 spiro atoms. The lowest BCUT2D eigenvalue weighted by molar-refractivity contribution is -0.119. The van der Waals surface area contributed by atoms with Gasteiger partial charge in [-0.05, 0) is 12.0 Å². The predicted octanol–water partition coefficient (Wildman–Crippen LogP) is 0.327. The third-order valence-electron chi connectivity index (χ3n) is 2.15. The Kier molecular flexibility index (Phi) is 7.44. The number of guanidine groups is 1. The van der Waals surface area contributed by atoms with Crippen molar-refractivity contribution in [1.29, 1.82) is 0 Å². The number of hydrogen-bond donors (Lipinski definition) is 4. The van der Waals surface area contributed by atoms with E-state index in [9.17, 15) is 4.79 Å². The third kappa shape index (κ3) is 9.03. The number of carbonyl (C=O) groups is 1. The van der Waals surface area contributed by atoms with Crippen LogP contribution in [0.15, 0.2) is 35.3 Å². The van der Waals surface area contributed by atoms with Crippen LogP contribution in [0.2, 0.25) is 0 Å². The molecular weight excluding hydrogens is 286 g/mol. The summed E-state index contributed by atoms with van der Waals surface area (Å²) in [7, 11) is -4.67. The van der Waals surface area contributed by atoms with Crippen LogP contribution < -0.4 is 11.5 Å². The molecule has 9 heteroatoms. The Morgan fingerprint density at radius 1 is 1.25 bits per heavy atom. The van der Waals surface area contributed by atoms with E-state index in [0.29, 0.717) is 6.42 Å². The zero-order chi connectivity index (χ0) is 15.8. The molecule has 1 aromatic carbocycles. The standard InChI is InChI=1S/C11H15N3O.H2O4S/c1-2-9(10(15)14-11(12)13)8-6-4-3-5-7-8;1-5(2,3)4/h3-7,9H,2H2,1H3,(H4,12,13,14,15);(H2,1,2,3,4). The molecule has 1 atom stereocenters. The summed E-state index contributed by atoms with van der Waals surface area (Å²) in [6.07, 6.45) is 0.680. The van der Waals surface area contributed by atoms with Gasteiger partial charge in [-0.2, -0.15) is 13.4 Å². The molecule has 8 nitrogen and oxygen atoms in total. The van der Waals surface area contributed by atoms with Crippen molar-refractivity contribution in [2.45, 2.75) is 19.3 Å². The zero-order valence-electron chi connectivity index (χ0n) is 10.8. The first-order chi connectivity index (χ1) is 9.15. The van der Waals surface area contributed by atoms with Crippen LogP contribution in [0.1, 0.15) is 24.8 Å². The summed E-state index contributed by atoms with van der Waals surface area (Å²) in [5.41, 5.74) is 11.3. The first-order valence-electron chi connectivity index (χ1n) is 5.53. The smallest absolute Gasteiger partial charge is 0.370 e. The molecule has 0 radical (unpaired) electrons. The predicted molar refractivity (Wildman–Crippen MR) is 74.5 cm³/mol. The molecule has 0 aliphatic rings. The Hall–Kier alpha value is -1.97. The van der Waals surface area contributed by atoms with E-state index in [1.165, 1.54) is 0 Å². The molecule has 0 saturated heterocycles. The van der Waals surface area contributed by atoms with Crippen molar-refractivity contribution in [3.05, 3.63) is 35.9 Å². The van der Waals surface area contributed by atoms with Gasteiger partial charge in [0, 0.05) is 0 Å². The second-order valence-corrected chi connectivity index (χ2v) is 4.59. The van der Waals surface area contributed by atoms with Crippen molar-refractivity contribution in [2.75, 3.05) is 0 Å². The minimum absolute atomic E-state index is 0.186. The van der Waals surface area contributed by atoms with Crippen molar-refractivity contribution in [3.8, 4) is 0 Å². The maximum atomic E-state index is 11.6. The molecular formula is C11H17N3O5S. The summed E-state index contributed by atoms with van der Waals surface area (Å²) in [5.74, 6) is -0.730. The van der Waals surface area contributed by atoms with Gasteiger partial charge in [0.2, 0.25) is 0 Å². The van der Waals surface area contributed by atoms with Crippen LogP contribution in [0, 0.1) is 0 Å². The van der Waals surface area contributed by atoms with Gasteiger partial charge in [0.15, 0.2) is 5.96 Å². The number of benzene rings is 1. The van der Waals surface area contributed by atoms with Crippen LogP contribution in [0.4, 0.5) is 0 Å². The van der Waals surface area contributed by atoms with Gasteiger partial charge in [-0.25, -0.2) is 0 Å². The summed E-state index contributed by atoms with van der Waals surface area (Å²) >= 11 is 0. The number of hydrogen-bond acceptors (Lipinski definition) is 3. The molecule has 0 aromatic heterocycles. The van der Waals surface area contributed by atoms with Crippen LogP contribution in [0.5, 0.6) is 0 Å². The van der Waals surface area contributed by atoms with E-state index in [1.54, 1.807) is 0 Å². The lowest BCUT2D eigenvalue weighted by atomic mass is 9.96. The van der Waals surface area contributed by atoms with Crippen molar-refractivity contribution in [3.63, 3.8) is 0 Å². The first-order valence-corrected chi connectivity index (χ1v) is 6.93. The molecule has 1 rings (SSSR count). The minimum atomic E-state index is -4.67. The molecule has 1 unspecified atom stereocenters. The number of nitrogens with two attached hydrogens (primary N) is 2. The largest absolute Gasteiger partial charge is 0.394 e. The van der Waals surface area contributed by atoms with Crippen LogP contribution in [-0.2, 0) is 15.2 Å². The fourth-order valence-electron chi connectivity index (χ4n) is 1.44. The monoisotopic (exact) mass is 303 g/mol. The molecule has 0 aliphatic heterocycles. The zero-order valence-corrected chi connectivity index (χ0v) is 11.6. The fraction of sp³-hybridized carbons (Fsp3) is 0.273. The Morgan fingerprint density at radius 2 is 1.70 bits per heavy atom. The van der Waals surface area contributed by atoms with Gasteiger partial charge in [0.1, 0.15) is 0 Å². The molecule has 0 fully saturated rings. The summed E-state index contributed by atoms with van der Waals surface area (Å²) < 4.78 is 31.6. The van der Waals surface area contributed by atoms with Crippen molar-refractivity contribution < 1.29 is 22.3 Å². The van der Waals surface area contributed by atoms with E-state index in [4.69, 9.17) is 29.0 Å². The molecule has 1 amide bonds. The quantitative estimate of drug-likeness (QED) is 0.356. The summed E-state index contributed by atoms with van der Waals surface area (Å²) in [5, 5.41) is 0. The Bertz CT molecular complexity index is 545. The molecule has 6 N–H and O–H groups in total. The van der Waals surface area contributed by atoms with Gasteiger partial charge in [-0.15, -0.1) is 0 Å². The molecule has 112 valence electrons. The fourth-order valence-corrected chi connectivity index (χ4v) is 1.44. The SMILES string of the molecule is CCC(C(=O)N=C(N)N)c1ccccc1.O=S(=O)(O)O. The Morgan fingerprint density at radius 3 is 2.05 bits per heavy atom. The maximum absolute atomic E-state index is 11.6. The molecule has 0 aliphatic carbocycles. The average Bonchev–Trinajstić information content (AvgIpc) is 2.28. The van der Waals surface area contributed by atoms with Crippen molar-refractivity contribution in [1.82, 2.24) is 0 Å². The highest BCUT2D eigenvalue weighted by molar-refractivity contribution is 7.79. The van der Waals surface area contributed by atoms with Crippen LogP contribution in [0.3, 0.4) is 0 Å². The topological polar surface area (TPSA) is 156 Å². The third-order valence-corrected chi connectivity index (χ3v) is 2.15. The lowest BCUT2D eigenvalue weighted by Gasteiger charge is -2.10. The molecule has 1 aromatic rings. The highest BCUT2D eigenvalue weighted by atomic mass is 32.3. The summed E-state index contributed by atoms with van der Waals surface area (Å²) in [6, 6.07) is 9.48. The van der Waals surface area contributed by atoms with Gasteiger partial charge < -0.3 is 11.5 Å². The minimum Gasteiger partial charge on any atom is -0.370 e. The van der Waals surface area contributed by atoms with Gasteiger partial charge in [-0.3, -0.25) is 13.9 Å². The van der Waals surface area contributed by atoms with Gasteiger partial charge in [-0.1, -0.05) is 37.3 Å². The van der Waals surface area contributed by atoms with Gasteiger partial charge >= 0.3 is 10.4 Å². The number of aliphatic imine (C=N–C) groups is 1. The molecule has 20 heavy (non-hydrogen) atoms. The van der Waals surface area contributed by atoms with E-state index < -0.39 is 10.4 Å². The highest BCUT2D eigenvalue weighted by Crippen LogP contribution is 2.20. The van der Waals surface area contributed by atoms with Crippen LogP contribution >= 0.6 is 0 Å². The van der Waals surface area contributed by atoms with E-state index in [0.717, 1.165) is 5.56 Å². The van der Waals surface area contributed by atoms with E-state index in [1.807, 2.05) is 37.3 Å². The Labute approximate surface area is 117 Å². The summed E-state index contributed by atoms with van der Waals surface area (Å²) in [6.45, 7) is 1.93. The number of rotatable bonds is 3. The molecule has 0 heterocycles. The average molecular weight is 303 g/mol. The van der Waals surface area contributed by atoms with Gasteiger partial charge in [0.05, 0.1) is 5.92 Å². The van der Waals surface area contributed by atoms with E-state index >= 15 is 0 Å². The number of nitrogens with zero attached hydrogens (tertiary/aromatic N) is 1. The second-order valence-electron chi connectivity index (χ2n) is 3.69. The molecule has 0 saturated carbocycles. The first kappa shape index (κ1) is 18.0. The van der Waals surface area contributed by atoms with Crippen molar-refractivity contribution >= 4 is 22.3 Å². The van der Waals surface area contributed by atoms with Crippen LogP contribution in [-0.4, -0.2) is 29.4 Å². The van der Waals surface area contributed by atoms with Crippen molar-refractivity contribution in [2.24, 2.45) is 16.5 Å². The summed E-state index contributed by atoms with van der Waals surface area (Å²) in [4.78, 5) is 15.2. The van der Waals surface area contributed by atoms with Crippen LogP contribution in [0.25, 0.3) is 0 Å². The lowest BCUT2D eigenvalue weighted by Crippen LogP contribution is -2.25. The molecule has 0 bridgehead atoms. The van der Waals surface area contributed by atoms with E-state index in [2.05, 4.69) is 4.99 Å². The van der Waals surface area contributed by atoms with Gasteiger partial charge in [0.25, 0.3) is 5.91 Å². The van der Waals surface area contributed by atoms with E-state index in [-0.39, 0.29) is 17.8 Å². The number of amides is 1. The normalized spacial score (nSPS) is 11.8.